The second-order valence-corrected chi connectivity index (χ2v) is 4.69. The predicted octanol–water partition coefficient (Wildman–Crippen LogP) is 3.32. The molecule has 1 atom stereocenters. The maximum absolute atomic E-state index is 13.1. The van der Waals surface area contributed by atoms with Crippen LogP contribution in [0.2, 0.25) is 0 Å². The van der Waals surface area contributed by atoms with E-state index in [4.69, 9.17) is 4.74 Å². The molecule has 4 nitrogen and oxygen atoms in total. The van der Waals surface area contributed by atoms with Gasteiger partial charge in [-0.1, -0.05) is 36.4 Å². The molecule has 0 radical (unpaired) electrons. The lowest BCUT2D eigenvalue weighted by molar-refractivity contribution is 0.0968. The molecule has 0 fully saturated rings. The fourth-order valence-corrected chi connectivity index (χ4v) is 1.92. The topological polar surface area (TPSA) is 50.7 Å². The van der Waals surface area contributed by atoms with Crippen molar-refractivity contribution in [2.75, 3.05) is 7.11 Å². The van der Waals surface area contributed by atoms with Gasteiger partial charge < -0.3 is 4.74 Å². The number of carbonyl (C=O) groups is 1. The summed E-state index contributed by atoms with van der Waals surface area (Å²) in [4.78, 5) is 16.4. The number of amides is 1. The van der Waals surface area contributed by atoms with Gasteiger partial charge in [0.2, 0.25) is 0 Å². The number of rotatable bonds is 3. The molecule has 0 saturated carbocycles. The van der Waals surface area contributed by atoms with Crippen LogP contribution >= 0.6 is 0 Å². The lowest BCUT2D eigenvalue weighted by atomic mass is 10.1. The fourth-order valence-electron chi connectivity index (χ4n) is 1.92. The first-order valence-electron chi connectivity index (χ1n) is 6.84. The summed E-state index contributed by atoms with van der Waals surface area (Å²) in [6, 6.07) is 15.0. The first-order chi connectivity index (χ1) is 10.6. The van der Waals surface area contributed by atoms with Gasteiger partial charge in [0.15, 0.2) is 0 Å². The van der Waals surface area contributed by atoms with Gasteiger partial charge in [-0.3, -0.25) is 10.1 Å². The molecule has 0 aromatic heterocycles. The van der Waals surface area contributed by atoms with Crippen LogP contribution in [0.5, 0.6) is 0 Å². The zero-order valence-electron chi connectivity index (χ0n) is 12.4. The summed E-state index contributed by atoms with van der Waals surface area (Å²) >= 11 is 0. The third-order valence-corrected chi connectivity index (χ3v) is 3.09. The van der Waals surface area contributed by atoms with E-state index in [1.807, 2.05) is 37.3 Å². The quantitative estimate of drug-likeness (QED) is 0.698. The van der Waals surface area contributed by atoms with Crippen molar-refractivity contribution in [3.63, 3.8) is 0 Å². The van der Waals surface area contributed by atoms with E-state index in [9.17, 15) is 9.18 Å². The summed E-state index contributed by atoms with van der Waals surface area (Å²) in [7, 11) is 1.42. The van der Waals surface area contributed by atoms with Gasteiger partial charge in [-0.05, 0) is 30.7 Å². The molecular formula is C17H17FN2O2. The van der Waals surface area contributed by atoms with Crippen molar-refractivity contribution in [2.24, 2.45) is 4.99 Å². The van der Waals surface area contributed by atoms with E-state index in [0.717, 1.165) is 11.6 Å². The summed E-state index contributed by atoms with van der Waals surface area (Å²) in [5.41, 5.74) is 1.20. The van der Waals surface area contributed by atoms with E-state index < -0.39 is 11.7 Å². The minimum atomic E-state index is -0.472. The molecule has 0 spiro atoms. The molecule has 114 valence electrons. The van der Waals surface area contributed by atoms with Crippen LogP contribution in [0.15, 0.2) is 59.6 Å². The Morgan fingerprint density at radius 2 is 1.91 bits per heavy atom. The van der Waals surface area contributed by atoms with E-state index in [0.29, 0.717) is 0 Å². The van der Waals surface area contributed by atoms with E-state index in [1.165, 1.54) is 25.3 Å². The standard InChI is InChI=1S/C17H17FN2O2/c1-12(13-7-4-3-5-8-13)19-17(22-2)20-16(21)14-9-6-10-15(18)11-14/h3-12H,1-2H3,(H,19,20,21). The Hall–Kier alpha value is -2.69. The Morgan fingerprint density at radius 3 is 2.55 bits per heavy atom. The van der Waals surface area contributed by atoms with Crippen LogP contribution < -0.4 is 5.32 Å². The van der Waals surface area contributed by atoms with Gasteiger partial charge in [0, 0.05) is 5.56 Å². The van der Waals surface area contributed by atoms with E-state index in [2.05, 4.69) is 10.3 Å². The number of carbonyl (C=O) groups excluding carboxylic acids is 1. The molecule has 1 amide bonds. The van der Waals surface area contributed by atoms with Crippen molar-refractivity contribution in [3.05, 3.63) is 71.5 Å². The largest absolute Gasteiger partial charge is 0.468 e. The molecule has 0 saturated heterocycles. The second kappa shape index (κ2) is 7.36. The number of benzene rings is 2. The minimum absolute atomic E-state index is 0.0885. The lowest BCUT2D eigenvalue weighted by Gasteiger charge is -2.11. The third-order valence-electron chi connectivity index (χ3n) is 3.09. The number of halogens is 1. The van der Waals surface area contributed by atoms with Crippen molar-refractivity contribution >= 4 is 11.9 Å². The highest BCUT2D eigenvalue weighted by Gasteiger charge is 2.12. The molecule has 1 N–H and O–H groups in total. The van der Waals surface area contributed by atoms with Gasteiger partial charge in [-0.15, -0.1) is 0 Å². The zero-order chi connectivity index (χ0) is 15.9. The van der Waals surface area contributed by atoms with E-state index in [-0.39, 0.29) is 17.6 Å². The lowest BCUT2D eigenvalue weighted by Crippen LogP contribution is -2.32. The number of hydrogen-bond acceptors (Lipinski definition) is 3. The molecule has 5 heteroatoms. The Kier molecular flexibility index (Phi) is 5.25. The van der Waals surface area contributed by atoms with Crippen molar-refractivity contribution in [2.45, 2.75) is 13.0 Å². The SMILES string of the molecule is COC(=NC(C)c1ccccc1)NC(=O)c1cccc(F)c1. The van der Waals surface area contributed by atoms with Crippen LogP contribution in [0, 0.1) is 5.82 Å². The van der Waals surface area contributed by atoms with Crippen molar-refractivity contribution in [1.29, 1.82) is 0 Å². The molecular weight excluding hydrogens is 283 g/mol. The Balaban J connectivity index is 2.11. The Morgan fingerprint density at radius 1 is 1.18 bits per heavy atom. The van der Waals surface area contributed by atoms with Gasteiger partial charge in [0.05, 0.1) is 13.2 Å². The number of nitrogens with one attached hydrogen (secondary N) is 1. The molecule has 1 unspecified atom stereocenters. The number of aliphatic imine (C=N–C) groups is 1. The third kappa shape index (κ3) is 4.15. The normalized spacial score (nSPS) is 12.6. The molecule has 22 heavy (non-hydrogen) atoms. The smallest absolute Gasteiger partial charge is 0.292 e. The summed E-state index contributed by atoms with van der Waals surface area (Å²) in [6.45, 7) is 1.89. The summed E-state index contributed by atoms with van der Waals surface area (Å²) in [5.74, 6) is -0.943. The van der Waals surface area contributed by atoms with Crippen molar-refractivity contribution in [1.82, 2.24) is 5.32 Å². The maximum Gasteiger partial charge on any atom is 0.292 e. The fraction of sp³-hybridized carbons (Fsp3) is 0.176. The average molecular weight is 300 g/mol. The highest BCUT2D eigenvalue weighted by Crippen LogP contribution is 2.15. The van der Waals surface area contributed by atoms with Crippen LogP contribution in [0.4, 0.5) is 4.39 Å². The molecule has 0 heterocycles. The molecule has 2 aromatic carbocycles. The van der Waals surface area contributed by atoms with Crippen molar-refractivity contribution < 1.29 is 13.9 Å². The van der Waals surface area contributed by atoms with Crippen LogP contribution in [0.3, 0.4) is 0 Å². The van der Waals surface area contributed by atoms with Crippen molar-refractivity contribution in [3.8, 4) is 0 Å². The monoisotopic (exact) mass is 300 g/mol. The average Bonchev–Trinajstić information content (AvgIpc) is 2.54. The first-order valence-corrected chi connectivity index (χ1v) is 6.84. The molecule has 0 aliphatic heterocycles. The van der Waals surface area contributed by atoms with Gasteiger partial charge in [0.1, 0.15) is 5.82 Å². The number of methoxy groups -OCH3 is 1. The predicted molar refractivity (Wildman–Crippen MR) is 83.2 cm³/mol. The number of nitrogens with zero attached hydrogens (tertiary/aromatic N) is 1. The van der Waals surface area contributed by atoms with Gasteiger partial charge in [-0.2, -0.15) is 0 Å². The summed E-state index contributed by atoms with van der Waals surface area (Å²) in [5, 5.41) is 2.53. The van der Waals surface area contributed by atoms with Gasteiger partial charge in [-0.25, -0.2) is 9.38 Å². The first kappa shape index (κ1) is 15.7. The van der Waals surface area contributed by atoms with Crippen LogP contribution in [-0.4, -0.2) is 19.0 Å². The Labute approximate surface area is 128 Å². The number of amidine groups is 1. The maximum atomic E-state index is 13.1. The molecule has 2 aromatic rings. The molecule has 0 aliphatic rings. The minimum Gasteiger partial charge on any atom is -0.468 e. The zero-order valence-corrected chi connectivity index (χ0v) is 12.4. The molecule has 2 rings (SSSR count). The van der Waals surface area contributed by atoms with E-state index in [1.54, 1.807) is 0 Å². The molecule has 0 aliphatic carbocycles. The van der Waals surface area contributed by atoms with Gasteiger partial charge >= 0.3 is 0 Å². The van der Waals surface area contributed by atoms with Crippen LogP contribution in [-0.2, 0) is 4.74 Å². The van der Waals surface area contributed by atoms with Gasteiger partial charge in [0.25, 0.3) is 11.9 Å². The second-order valence-electron chi connectivity index (χ2n) is 4.69. The van der Waals surface area contributed by atoms with E-state index >= 15 is 0 Å². The number of hydrogen-bond donors (Lipinski definition) is 1. The van der Waals surface area contributed by atoms with Crippen LogP contribution in [0.1, 0.15) is 28.9 Å². The Bertz CT molecular complexity index is 671. The van der Waals surface area contributed by atoms with Crippen LogP contribution in [0.25, 0.3) is 0 Å². The highest BCUT2D eigenvalue weighted by atomic mass is 19.1. The highest BCUT2D eigenvalue weighted by molar-refractivity contribution is 6.04. The summed E-state index contributed by atoms with van der Waals surface area (Å²) < 4.78 is 18.2. The number of ether oxygens (including phenoxy) is 1. The summed E-state index contributed by atoms with van der Waals surface area (Å²) in [6.07, 6.45) is 0. The molecule has 0 bridgehead atoms.